The number of carbonyl (C=O) groups is 2. The molecule has 0 spiro atoms. The van der Waals surface area contributed by atoms with Crippen LogP contribution in [-0.4, -0.2) is 77.2 Å². The highest BCUT2D eigenvalue weighted by Crippen LogP contribution is 2.31. The standard InChI is InChI=1S/C23H33N3O2.C13H14N2O3/c1-17-8-7-9-18(2)25(17)15-13-24-23(27)20-11-5-6-14-26(20)22-16-19-10-3-4-12-21(19)28-22;16-12(17)10-6-3-4-8-15(10)13-14-9-5-1-2-7-11(9)18-13/h3-4,10,12,16-18,20H,5-9,11,13-15H2,1-2H3,(H,24,27);1-2,5,7,10H,3-4,6,8H2,(H,16,17)/t17-,18+,20-;10-/m00/s1. The third kappa shape index (κ3) is 7.17. The lowest BCUT2D eigenvalue weighted by Crippen LogP contribution is -2.52. The number of oxazole rings is 1. The molecule has 2 aromatic carbocycles. The zero-order valence-corrected chi connectivity index (χ0v) is 27.1. The Bertz CT molecular complexity index is 1540. The maximum Gasteiger partial charge on any atom is 0.326 e. The summed E-state index contributed by atoms with van der Waals surface area (Å²) in [6, 6.07) is 18.6. The van der Waals surface area contributed by atoms with Crippen LogP contribution in [0, 0.1) is 0 Å². The zero-order valence-electron chi connectivity index (χ0n) is 27.1. The van der Waals surface area contributed by atoms with Crippen molar-refractivity contribution in [1.29, 1.82) is 0 Å². The second-order valence-electron chi connectivity index (χ2n) is 13.0. The summed E-state index contributed by atoms with van der Waals surface area (Å²) in [7, 11) is 0. The number of carbonyl (C=O) groups excluding carboxylic acids is 1. The molecule has 0 bridgehead atoms. The van der Waals surface area contributed by atoms with Crippen molar-refractivity contribution in [3.8, 4) is 0 Å². The molecule has 4 atom stereocenters. The Labute approximate surface area is 270 Å². The number of benzene rings is 2. The number of carboxylic acids is 1. The molecule has 2 N–H and O–H groups in total. The number of amides is 1. The van der Waals surface area contributed by atoms with Crippen molar-refractivity contribution in [3.63, 3.8) is 0 Å². The lowest BCUT2D eigenvalue weighted by molar-refractivity contribution is -0.139. The first kappa shape index (κ1) is 31.9. The number of fused-ring (bicyclic) bond motifs is 2. The van der Waals surface area contributed by atoms with E-state index in [1.54, 1.807) is 4.90 Å². The Morgan fingerprint density at radius 1 is 0.826 bits per heavy atom. The molecule has 0 aliphatic carbocycles. The summed E-state index contributed by atoms with van der Waals surface area (Å²) in [5, 5.41) is 13.5. The molecule has 10 nitrogen and oxygen atoms in total. The molecular formula is C36H47N5O5. The van der Waals surface area contributed by atoms with Gasteiger partial charge in [-0.1, -0.05) is 36.8 Å². The van der Waals surface area contributed by atoms with Crippen LogP contribution in [0.4, 0.5) is 11.9 Å². The number of rotatable bonds is 7. The number of piperidine rings is 3. The summed E-state index contributed by atoms with van der Waals surface area (Å²) in [5.41, 5.74) is 2.35. The number of hydrogen-bond acceptors (Lipinski definition) is 8. The quantitative estimate of drug-likeness (QED) is 0.238. The number of anilines is 2. The van der Waals surface area contributed by atoms with E-state index in [-0.39, 0.29) is 11.9 Å². The molecule has 5 heterocycles. The topological polar surface area (TPSA) is 115 Å². The molecular weight excluding hydrogens is 582 g/mol. The van der Waals surface area contributed by atoms with Crippen molar-refractivity contribution in [1.82, 2.24) is 15.2 Å². The van der Waals surface area contributed by atoms with Gasteiger partial charge < -0.3 is 29.1 Å². The normalized spacial score (nSPS) is 24.0. The largest absolute Gasteiger partial charge is 0.480 e. The predicted octanol–water partition coefficient (Wildman–Crippen LogP) is 6.44. The number of aromatic nitrogens is 1. The smallest absolute Gasteiger partial charge is 0.326 e. The molecule has 1 amide bonds. The first-order valence-corrected chi connectivity index (χ1v) is 17.0. The molecule has 0 saturated carbocycles. The third-order valence-corrected chi connectivity index (χ3v) is 9.86. The van der Waals surface area contributed by atoms with Gasteiger partial charge in [-0.15, -0.1) is 0 Å². The van der Waals surface area contributed by atoms with Crippen LogP contribution in [0.15, 0.2) is 63.4 Å². The zero-order chi connectivity index (χ0) is 32.0. The van der Waals surface area contributed by atoms with Gasteiger partial charge in [0.1, 0.15) is 23.2 Å². The maximum absolute atomic E-state index is 13.0. The summed E-state index contributed by atoms with van der Waals surface area (Å²) >= 11 is 0. The van der Waals surface area contributed by atoms with Gasteiger partial charge in [0.2, 0.25) is 5.91 Å². The number of aliphatic carboxylic acids is 1. The van der Waals surface area contributed by atoms with E-state index in [1.165, 1.54) is 19.3 Å². The summed E-state index contributed by atoms with van der Waals surface area (Å²) in [5.74, 6) is 0.147. The van der Waals surface area contributed by atoms with E-state index in [1.807, 2.05) is 42.5 Å². The molecule has 10 heteroatoms. The lowest BCUT2D eigenvalue weighted by Gasteiger charge is -2.39. The molecule has 0 radical (unpaired) electrons. The molecule has 7 rings (SSSR count). The van der Waals surface area contributed by atoms with Crippen LogP contribution < -0.4 is 15.1 Å². The van der Waals surface area contributed by atoms with Crippen molar-refractivity contribution in [2.24, 2.45) is 0 Å². The molecule has 46 heavy (non-hydrogen) atoms. The Hall–Kier alpha value is -4.05. The number of carboxylic acid groups (broad SMARTS) is 1. The number of para-hydroxylation sites is 3. The van der Waals surface area contributed by atoms with Crippen molar-refractivity contribution in [3.05, 3.63) is 54.6 Å². The fourth-order valence-electron chi connectivity index (χ4n) is 7.32. The van der Waals surface area contributed by atoms with Gasteiger partial charge in [-0.2, -0.15) is 4.98 Å². The molecule has 3 fully saturated rings. The van der Waals surface area contributed by atoms with E-state index < -0.39 is 12.0 Å². The summed E-state index contributed by atoms with van der Waals surface area (Å²) < 4.78 is 11.7. The van der Waals surface area contributed by atoms with Crippen LogP contribution >= 0.6 is 0 Å². The first-order valence-electron chi connectivity index (χ1n) is 17.0. The minimum atomic E-state index is -0.808. The van der Waals surface area contributed by atoms with Gasteiger partial charge in [0, 0.05) is 49.7 Å². The van der Waals surface area contributed by atoms with Gasteiger partial charge in [-0.25, -0.2) is 4.79 Å². The van der Waals surface area contributed by atoms with E-state index in [4.69, 9.17) is 8.83 Å². The van der Waals surface area contributed by atoms with Crippen molar-refractivity contribution in [2.45, 2.75) is 95.8 Å². The Balaban J connectivity index is 0.000000178. The number of nitrogens with one attached hydrogen (secondary N) is 1. The molecule has 246 valence electrons. The third-order valence-electron chi connectivity index (χ3n) is 9.86. The Morgan fingerprint density at radius 3 is 2.22 bits per heavy atom. The highest BCUT2D eigenvalue weighted by Gasteiger charge is 2.33. The number of nitrogens with zero attached hydrogens (tertiary/aromatic N) is 4. The molecule has 4 aromatic rings. The first-order chi connectivity index (χ1) is 22.4. The highest BCUT2D eigenvalue weighted by molar-refractivity contribution is 5.87. The van der Waals surface area contributed by atoms with E-state index in [0.29, 0.717) is 36.6 Å². The van der Waals surface area contributed by atoms with Gasteiger partial charge in [-0.05, 0) is 83.4 Å². The van der Waals surface area contributed by atoms with Crippen LogP contribution in [0.25, 0.3) is 22.1 Å². The summed E-state index contributed by atoms with van der Waals surface area (Å²) in [4.78, 5) is 35.1. The molecule has 0 unspecified atom stereocenters. The predicted molar refractivity (Wildman–Crippen MR) is 180 cm³/mol. The fourth-order valence-corrected chi connectivity index (χ4v) is 7.32. The highest BCUT2D eigenvalue weighted by atomic mass is 16.4. The number of furan rings is 1. The van der Waals surface area contributed by atoms with Crippen molar-refractivity contribution >= 4 is 45.8 Å². The van der Waals surface area contributed by atoms with Crippen molar-refractivity contribution in [2.75, 3.05) is 36.0 Å². The SMILES string of the molecule is C[C@@H]1CCC[C@H](C)N1CCNC(=O)[C@@H]1CCCCN1c1cc2ccccc2o1.O=C(O)[C@@H]1CCCCN1c1nc2ccccc2o1. The average molecular weight is 630 g/mol. The van der Waals surface area contributed by atoms with Gasteiger partial charge >= 0.3 is 5.97 Å². The van der Waals surface area contributed by atoms with Gasteiger partial charge in [0.15, 0.2) is 11.5 Å². The van der Waals surface area contributed by atoms with E-state index in [9.17, 15) is 14.7 Å². The molecule has 3 aliphatic rings. The molecule has 2 aromatic heterocycles. The van der Waals surface area contributed by atoms with Crippen LogP contribution in [0.5, 0.6) is 0 Å². The monoisotopic (exact) mass is 629 g/mol. The van der Waals surface area contributed by atoms with Crippen LogP contribution in [-0.2, 0) is 9.59 Å². The maximum atomic E-state index is 13.0. The minimum absolute atomic E-state index is 0.134. The van der Waals surface area contributed by atoms with Gasteiger partial charge in [-0.3, -0.25) is 9.69 Å². The molecule has 3 saturated heterocycles. The van der Waals surface area contributed by atoms with Crippen molar-refractivity contribution < 1.29 is 23.5 Å². The molecule has 3 aliphatic heterocycles. The number of likely N-dealkylation sites (tertiary alicyclic amines) is 1. The second-order valence-corrected chi connectivity index (χ2v) is 13.0. The van der Waals surface area contributed by atoms with E-state index in [0.717, 1.165) is 74.1 Å². The van der Waals surface area contributed by atoms with Gasteiger partial charge in [0.05, 0.1) is 0 Å². The number of hydrogen-bond donors (Lipinski definition) is 2. The average Bonchev–Trinajstić information content (AvgIpc) is 3.71. The summed E-state index contributed by atoms with van der Waals surface area (Å²) in [6.07, 6.45) is 9.49. The van der Waals surface area contributed by atoms with E-state index in [2.05, 4.69) is 46.1 Å². The Kier molecular flexibility index (Phi) is 10.1. The lowest BCUT2D eigenvalue weighted by atomic mass is 9.97. The fraction of sp³-hybridized carbons (Fsp3) is 0.528. The van der Waals surface area contributed by atoms with Crippen LogP contribution in [0.3, 0.4) is 0 Å². The van der Waals surface area contributed by atoms with E-state index >= 15 is 0 Å². The van der Waals surface area contributed by atoms with Crippen LogP contribution in [0.2, 0.25) is 0 Å². The minimum Gasteiger partial charge on any atom is -0.480 e. The van der Waals surface area contributed by atoms with Crippen LogP contribution in [0.1, 0.15) is 71.6 Å². The summed E-state index contributed by atoms with van der Waals surface area (Å²) in [6.45, 7) is 7.83. The Morgan fingerprint density at radius 2 is 1.50 bits per heavy atom. The van der Waals surface area contributed by atoms with Gasteiger partial charge in [0.25, 0.3) is 6.01 Å². The second kappa shape index (κ2) is 14.6.